The van der Waals surface area contributed by atoms with Crippen molar-refractivity contribution in [3.63, 3.8) is 0 Å². The molecule has 0 radical (unpaired) electrons. The Kier molecular flexibility index (Phi) is 4.59. The Morgan fingerprint density at radius 3 is 2.38 bits per heavy atom. The molecule has 1 spiro atoms. The van der Waals surface area contributed by atoms with Crippen molar-refractivity contribution in [2.75, 3.05) is 24.5 Å². The molecule has 3 fully saturated rings. The minimum atomic E-state index is -0.682. The van der Waals surface area contributed by atoms with Gasteiger partial charge in [0.25, 0.3) is 0 Å². The highest BCUT2D eigenvalue weighted by molar-refractivity contribution is 5.85. The zero-order valence-corrected chi connectivity index (χ0v) is 14.8. The van der Waals surface area contributed by atoms with Crippen molar-refractivity contribution < 1.29 is 18.7 Å². The van der Waals surface area contributed by atoms with Crippen molar-refractivity contribution in [2.45, 2.75) is 57.1 Å². The summed E-state index contributed by atoms with van der Waals surface area (Å²) in [6.07, 6.45) is 6.29. The van der Waals surface area contributed by atoms with E-state index in [1.165, 1.54) is 0 Å². The zero-order chi connectivity index (χ0) is 18.3. The van der Waals surface area contributed by atoms with Gasteiger partial charge in [-0.3, -0.25) is 4.79 Å². The van der Waals surface area contributed by atoms with Crippen molar-refractivity contribution in [1.29, 1.82) is 0 Å². The van der Waals surface area contributed by atoms with Crippen molar-refractivity contribution in [1.82, 2.24) is 9.88 Å². The predicted octanol–water partition coefficient (Wildman–Crippen LogP) is 2.48. The first-order valence-corrected chi connectivity index (χ1v) is 9.54. The molecule has 26 heavy (non-hydrogen) atoms. The van der Waals surface area contributed by atoms with Crippen molar-refractivity contribution in [2.24, 2.45) is 5.41 Å². The minimum absolute atomic E-state index is 0.171. The summed E-state index contributed by atoms with van der Waals surface area (Å²) in [5.74, 6) is -0.934. The van der Waals surface area contributed by atoms with Gasteiger partial charge in [0.05, 0.1) is 17.7 Å². The number of carbonyl (C=O) groups excluding carboxylic acids is 1. The predicted molar refractivity (Wildman–Crippen MR) is 92.6 cm³/mol. The molecule has 3 aliphatic rings. The number of hydrogen-bond acceptors (Lipinski definition) is 4. The molecule has 0 aromatic carbocycles. The van der Waals surface area contributed by atoms with Gasteiger partial charge in [0.15, 0.2) is 11.6 Å². The molecule has 1 saturated carbocycles. The van der Waals surface area contributed by atoms with Gasteiger partial charge in [-0.15, -0.1) is 0 Å². The summed E-state index contributed by atoms with van der Waals surface area (Å²) in [6, 6.07) is 1.10. The molecule has 2 aliphatic heterocycles. The Balaban J connectivity index is 1.41. The molecule has 7 heteroatoms. The number of halogens is 2. The van der Waals surface area contributed by atoms with E-state index in [4.69, 9.17) is 0 Å². The van der Waals surface area contributed by atoms with Crippen LogP contribution >= 0.6 is 0 Å². The second-order valence-electron chi connectivity index (χ2n) is 7.94. The van der Waals surface area contributed by atoms with Gasteiger partial charge in [-0.25, -0.2) is 13.8 Å². The summed E-state index contributed by atoms with van der Waals surface area (Å²) in [5.41, 5.74) is -0.344. The van der Waals surface area contributed by atoms with Crippen LogP contribution in [0.25, 0.3) is 0 Å². The van der Waals surface area contributed by atoms with Crippen LogP contribution in [-0.4, -0.2) is 52.7 Å². The van der Waals surface area contributed by atoms with Crippen LogP contribution in [0.15, 0.2) is 12.3 Å². The van der Waals surface area contributed by atoms with Crippen LogP contribution in [0.4, 0.5) is 14.6 Å². The molecule has 1 amide bonds. The van der Waals surface area contributed by atoms with E-state index in [1.807, 2.05) is 9.80 Å². The number of nitrogens with zero attached hydrogens (tertiary/aromatic N) is 3. The van der Waals surface area contributed by atoms with Crippen molar-refractivity contribution in [3.8, 4) is 0 Å². The third kappa shape index (κ3) is 3.06. The maximum Gasteiger partial charge on any atom is 0.229 e. The summed E-state index contributed by atoms with van der Waals surface area (Å²) in [5, 5.41) is 9.69. The van der Waals surface area contributed by atoms with Crippen molar-refractivity contribution >= 4 is 11.7 Å². The number of pyridine rings is 1. The van der Waals surface area contributed by atoms with E-state index >= 15 is 0 Å². The molecule has 2 saturated heterocycles. The second-order valence-corrected chi connectivity index (χ2v) is 7.94. The summed E-state index contributed by atoms with van der Waals surface area (Å²) < 4.78 is 27.0. The number of aliphatic hydroxyl groups is 1. The van der Waals surface area contributed by atoms with Gasteiger partial charge >= 0.3 is 0 Å². The quantitative estimate of drug-likeness (QED) is 0.875. The third-order valence-corrected chi connectivity index (χ3v) is 6.46. The summed E-state index contributed by atoms with van der Waals surface area (Å²) >= 11 is 0. The van der Waals surface area contributed by atoms with Crippen LogP contribution in [0.5, 0.6) is 0 Å². The van der Waals surface area contributed by atoms with E-state index < -0.39 is 11.6 Å². The molecular formula is C19H25F2N3O2. The molecule has 0 unspecified atom stereocenters. The molecule has 1 aromatic heterocycles. The lowest BCUT2D eigenvalue weighted by molar-refractivity contribution is -0.139. The third-order valence-electron chi connectivity index (χ3n) is 6.46. The molecular weight excluding hydrogens is 340 g/mol. The fraction of sp³-hybridized carbons (Fsp3) is 0.684. The number of piperidine rings is 1. The van der Waals surface area contributed by atoms with Crippen LogP contribution in [0.3, 0.4) is 0 Å². The monoisotopic (exact) mass is 365 g/mol. The Hall–Kier alpha value is -1.76. The fourth-order valence-corrected chi connectivity index (χ4v) is 4.82. The van der Waals surface area contributed by atoms with E-state index in [0.717, 1.165) is 50.9 Å². The number of rotatable bonds is 2. The lowest BCUT2D eigenvalue weighted by Gasteiger charge is -2.40. The number of anilines is 1. The van der Waals surface area contributed by atoms with Crippen molar-refractivity contribution in [3.05, 3.63) is 23.9 Å². The minimum Gasteiger partial charge on any atom is -0.393 e. The average molecular weight is 365 g/mol. The van der Waals surface area contributed by atoms with E-state index in [-0.39, 0.29) is 29.3 Å². The van der Waals surface area contributed by atoms with E-state index in [0.29, 0.717) is 25.9 Å². The molecule has 1 aliphatic carbocycles. The topological polar surface area (TPSA) is 56.7 Å². The molecule has 3 heterocycles. The molecule has 0 atom stereocenters. The highest BCUT2D eigenvalue weighted by Crippen LogP contribution is 2.44. The number of hydrogen-bond donors (Lipinski definition) is 1. The number of aliphatic hydroxyl groups excluding tert-OH is 1. The van der Waals surface area contributed by atoms with E-state index in [1.54, 1.807) is 0 Å². The van der Waals surface area contributed by atoms with E-state index in [9.17, 15) is 18.7 Å². The van der Waals surface area contributed by atoms with Gasteiger partial charge < -0.3 is 14.9 Å². The summed E-state index contributed by atoms with van der Waals surface area (Å²) in [4.78, 5) is 20.8. The van der Waals surface area contributed by atoms with Gasteiger partial charge in [0.1, 0.15) is 5.82 Å². The Labute approximate surface area is 152 Å². The highest BCUT2D eigenvalue weighted by Gasteiger charge is 2.50. The maximum atomic E-state index is 14.0. The van der Waals surface area contributed by atoms with Gasteiger partial charge in [-0.1, -0.05) is 0 Å². The second kappa shape index (κ2) is 6.76. The first-order chi connectivity index (χ1) is 12.5. The largest absolute Gasteiger partial charge is 0.393 e. The molecule has 1 N–H and O–H groups in total. The van der Waals surface area contributed by atoms with Crippen LogP contribution < -0.4 is 4.90 Å². The normalized spacial score (nSPS) is 28.8. The molecule has 142 valence electrons. The highest BCUT2D eigenvalue weighted by atomic mass is 19.1. The van der Waals surface area contributed by atoms with Crippen LogP contribution in [0, 0.1) is 17.0 Å². The first kappa shape index (κ1) is 17.6. The lowest BCUT2D eigenvalue weighted by Crippen LogP contribution is -2.47. The molecule has 0 bridgehead atoms. The average Bonchev–Trinajstić information content (AvgIpc) is 2.94. The van der Waals surface area contributed by atoms with Gasteiger partial charge in [0, 0.05) is 31.7 Å². The Morgan fingerprint density at radius 1 is 1.08 bits per heavy atom. The van der Waals surface area contributed by atoms with E-state index in [2.05, 4.69) is 4.98 Å². The number of carbonyl (C=O) groups is 1. The van der Waals surface area contributed by atoms with Gasteiger partial charge in [-0.2, -0.15) is 0 Å². The summed E-state index contributed by atoms with van der Waals surface area (Å²) in [7, 11) is 0. The number of likely N-dealkylation sites (tertiary alicyclic amines) is 1. The lowest BCUT2D eigenvalue weighted by atomic mass is 9.77. The SMILES string of the molecule is O=C1N([C@H]2CC[C@H](O)CC2)CCC12CCN(c1ncc(F)cc1F)CC2. The van der Waals surface area contributed by atoms with Crippen LogP contribution in [0.2, 0.25) is 0 Å². The Morgan fingerprint density at radius 2 is 1.73 bits per heavy atom. The zero-order valence-electron chi connectivity index (χ0n) is 14.8. The van der Waals surface area contributed by atoms with Gasteiger partial charge in [-0.05, 0) is 44.9 Å². The van der Waals surface area contributed by atoms with Crippen LogP contribution in [0.1, 0.15) is 44.9 Å². The first-order valence-electron chi connectivity index (χ1n) is 9.54. The van der Waals surface area contributed by atoms with Crippen LogP contribution in [-0.2, 0) is 4.79 Å². The summed E-state index contributed by atoms with van der Waals surface area (Å²) in [6.45, 7) is 1.89. The Bertz CT molecular complexity index is 683. The van der Waals surface area contributed by atoms with Gasteiger partial charge in [0.2, 0.25) is 5.91 Å². The standard InChI is InChI=1S/C19H25F2N3O2/c20-13-11-16(21)17(22-12-13)23-8-5-19(6-9-23)7-10-24(18(19)26)14-1-3-15(25)4-2-14/h11-12,14-15,25H,1-10H2/t14-,15-. The number of amides is 1. The molecule has 4 rings (SSSR count). The smallest absolute Gasteiger partial charge is 0.229 e. The molecule has 1 aromatic rings. The number of aromatic nitrogens is 1. The maximum absolute atomic E-state index is 14.0. The molecule has 5 nitrogen and oxygen atoms in total. The fourth-order valence-electron chi connectivity index (χ4n) is 4.82.